The molecule has 0 spiro atoms. The van der Waals surface area contributed by atoms with E-state index in [-0.39, 0.29) is 6.61 Å². The van der Waals surface area contributed by atoms with Crippen molar-refractivity contribution in [3.05, 3.63) is 34.9 Å². The third-order valence-corrected chi connectivity index (χ3v) is 1.93. The quantitative estimate of drug-likeness (QED) is 0.586. The van der Waals surface area contributed by atoms with Gasteiger partial charge in [-0.05, 0) is 11.1 Å². The second-order valence-corrected chi connectivity index (χ2v) is 2.62. The van der Waals surface area contributed by atoms with E-state index in [1.165, 1.54) is 5.57 Å². The number of hydrogen-bond donors (Lipinski definition) is 1. The molecule has 1 heterocycles. The first kappa shape index (κ1) is 6.55. The fraction of sp³-hybridized carbons (Fsp3) is 0.222. The number of hydrogen-bond acceptors (Lipinski definition) is 2. The summed E-state index contributed by atoms with van der Waals surface area (Å²) in [5.41, 5.74) is 3.30. The van der Waals surface area contributed by atoms with E-state index in [9.17, 15) is 0 Å². The molecule has 0 bridgehead atoms. The largest absolute Gasteiger partial charge is 0.392 e. The fourth-order valence-electron chi connectivity index (χ4n) is 1.36. The number of aliphatic hydroxyl groups is 1. The van der Waals surface area contributed by atoms with E-state index in [0.29, 0.717) is 0 Å². The summed E-state index contributed by atoms with van der Waals surface area (Å²) in [5.74, 6) is 0. The highest BCUT2D eigenvalue weighted by molar-refractivity contribution is 5.85. The van der Waals surface area contributed by atoms with Gasteiger partial charge in [0.15, 0.2) is 0 Å². The van der Waals surface area contributed by atoms with Gasteiger partial charge in [0.05, 0.1) is 13.2 Å². The molecule has 2 rings (SSSR count). The molecule has 1 aliphatic heterocycles. The van der Waals surface area contributed by atoms with Gasteiger partial charge >= 0.3 is 0 Å². The molecule has 0 amide bonds. The Morgan fingerprint density at radius 3 is 3.27 bits per heavy atom. The van der Waals surface area contributed by atoms with Crippen LogP contribution in [-0.4, -0.2) is 24.5 Å². The number of fused-ring (bicyclic) bond motifs is 1. The Bertz CT molecular complexity index is 295. The molecular weight excluding hydrogens is 138 g/mol. The minimum absolute atomic E-state index is 0.0838. The summed E-state index contributed by atoms with van der Waals surface area (Å²) in [6.45, 7) is 0.840. The Hall–Kier alpha value is -1.15. The summed E-state index contributed by atoms with van der Waals surface area (Å²) >= 11 is 0. The molecule has 1 aliphatic carbocycles. The van der Waals surface area contributed by atoms with Crippen LogP contribution in [0.15, 0.2) is 39.9 Å². The SMILES string of the molecule is OCC1=C2C=CC=C2CN=C1. The van der Waals surface area contributed by atoms with Gasteiger partial charge < -0.3 is 5.11 Å². The van der Waals surface area contributed by atoms with Crippen LogP contribution in [0.5, 0.6) is 0 Å². The highest BCUT2D eigenvalue weighted by atomic mass is 16.3. The van der Waals surface area contributed by atoms with Crippen LogP contribution in [0.2, 0.25) is 0 Å². The standard InChI is InChI=1S/C9H9NO/c11-6-8-5-10-4-7-2-1-3-9(7)8/h1-3,5,11H,4,6H2. The molecule has 11 heavy (non-hydrogen) atoms. The molecular formula is C9H9NO. The molecule has 2 heteroatoms. The van der Waals surface area contributed by atoms with Crippen LogP contribution in [0.4, 0.5) is 0 Å². The van der Waals surface area contributed by atoms with Gasteiger partial charge in [-0.3, -0.25) is 4.99 Å². The molecule has 0 saturated carbocycles. The van der Waals surface area contributed by atoms with Crippen LogP contribution in [-0.2, 0) is 0 Å². The zero-order chi connectivity index (χ0) is 7.68. The average Bonchev–Trinajstić information content (AvgIpc) is 2.50. The van der Waals surface area contributed by atoms with Crippen LogP contribution >= 0.6 is 0 Å². The number of aliphatic imine (C=N–C) groups is 1. The first-order valence-corrected chi connectivity index (χ1v) is 3.63. The van der Waals surface area contributed by atoms with E-state index in [0.717, 1.165) is 17.7 Å². The first-order chi connectivity index (χ1) is 5.42. The van der Waals surface area contributed by atoms with Crippen molar-refractivity contribution in [3.8, 4) is 0 Å². The number of allylic oxidation sites excluding steroid dienone is 3. The fourth-order valence-corrected chi connectivity index (χ4v) is 1.36. The monoisotopic (exact) mass is 147 g/mol. The number of rotatable bonds is 1. The van der Waals surface area contributed by atoms with Gasteiger partial charge in [-0.25, -0.2) is 0 Å². The minimum Gasteiger partial charge on any atom is -0.392 e. The van der Waals surface area contributed by atoms with Crippen LogP contribution in [0.25, 0.3) is 0 Å². The Labute approximate surface area is 65.3 Å². The summed E-state index contributed by atoms with van der Waals surface area (Å²) < 4.78 is 0. The van der Waals surface area contributed by atoms with Crippen molar-refractivity contribution in [2.24, 2.45) is 4.99 Å². The first-order valence-electron chi connectivity index (χ1n) is 3.63. The van der Waals surface area contributed by atoms with Gasteiger partial charge in [-0.2, -0.15) is 0 Å². The maximum absolute atomic E-state index is 8.93. The summed E-state index contributed by atoms with van der Waals surface area (Å²) in [4.78, 5) is 4.12. The topological polar surface area (TPSA) is 32.6 Å². The molecule has 0 aromatic heterocycles. The van der Waals surface area contributed by atoms with Crippen molar-refractivity contribution in [1.29, 1.82) is 0 Å². The Morgan fingerprint density at radius 2 is 2.45 bits per heavy atom. The molecule has 2 nitrogen and oxygen atoms in total. The second kappa shape index (κ2) is 2.47. The number of nitrogens with zero attached hydrogens (tertiary/aromatic N) is 1. The summed E-state index contributed by atoms with van der Waals surface area (Å²) in [6, 6.07) is 0. The number of dihydropyridines is 1. The normalized spacial score (nSPS) is 20.6. The van der Waals surface area contributed by atoms with E-state index in [4.69, 9.17) is 5.11 Å². The maximum atomic E-state index is 8.93. The van der Waals surface area contributed by atoms with Gasteiger partial charge in [-0.15, -0.1) is 0 Å². The van der Waals surface area contributed by atoms with Crippen molar-refractivity contribution in [3.63, 3.8) is 0 Å². The Morgan fingerprint density at radius 1 is 1.55 bits per heavy atom. The van der Waals surface area contributed by atoms with Crippen LogP contribution in [0, 0.1) is 0 Å². The number of aliphatic hydroxyl groups excluding tert-OH is 1. The maximum Gasteiger partial charge on any atom is 0.0702 e. The van der Waals surface area contributed by atoms with Crippen LogP contribution < -0.4 is 0 Å². The lowest BCUT2D eigenvalue weighted by molar-refractivity contribution is 0.336. The lowest BCUT2D eigenvalue weighted by Crippen LogP contribution is -2.05. The molecule has 1 N–H and O–H groups in total. The highest BCUT2D eigenvalue weighted by Crippen LogP contribution is 2.24. The molecule has 2 aliphatic rings. The highest BCUT2D eigenvalue weighted by Gasteiger charge is 2.13. The van der Waals surface area contributed by atoms with Gasteiger partial charge in [0.2, 0.25) is 0 Å². The lowest BCUT2D eigenvalue weighted by Gasteiger charge is -2.10. The predicted octanol–water partition coefficient (Wildman–Crippen LogP) is 0.856. The molecule has 0 saturated heterocycles. The van der Waals surface area contributed by atoms with Crippen molar-refractivity contribution in [1.82, 2.24) is 0 Å². The van der Waals surface area contributed by atoms with Crippen LogP contribution in [0.1, 0.15) is 0 Å². The Balaban J connectivity index is 2.46. The molecule has 0 atom stereocenters. The summed E-state index contributed by atoms with van der Waals surface area (Å²) in [7, 11) is 0. The van der Waals surface area contributed by atoms with Crippen molar-refractivity contribution in [2.45, 2.75) is 0 Å². The molecule has 0 radical (unpaired) electrons. The van der Waals surface area contributed by atoms with Crippen LogP contribution in [0.3, 0.4) is 0 Å². The van der Waals surface area contributed by atoms with Crippen molar-refractivity contribution < 1.29 is 5.11 Å². The van der Waals surface area contributed by atoms with E-state index in [1.807, 2.05) is 18.2 Å². The van der Waals surface area contributed by atoms with Gasteiger partial charge in [-0.1, -0.05) is 18.2 Å². The average molecular weight is 147 g/mol. The summed E-state index contributed by atoms with van der Waals surface area (Å²) in [5, 5.41) is 8.93. The molecule has 0 aromatic rings. The van der Waals surface area contributed by atoms with Gasteiger partial charge in [0.25, 0.3) is 0 Å². The smallest absolute Gasteiger partial charge is 0.0702 e. The van der Waals surface area contributed by atoms with E-state index >= 15 is 0 Å². The van der Waals surface area contributed by atoms with E-state index in [1.54, 1.807) is 6.21 Å². The van der Waals surface area contributed by atoms with Crippen molar-refractivity contribution >= 4 is 6.21 Å². The molecule has 0 fully saturated rings. The zero-order valence-electron chi connectivity index (χ0n) is 6.12. The Kier molecular flexibility index (Phi) is 1.47. The summed E-state index contributed by atoms with van der Waals surface area (Å²) in [6.07, 6.45) is 7.81. The van der Waals surface area contributed by atoms with E-state index in [2.05, 4.69) is 4.99 Å². The molecule has 0 unspecified atom stereocenters. The third kappa shape index (κ3) is 0.955. The predicted molar refractivity (Wildman–Crippen MR) is 44.7 cm³/mol. The minimum atomic E-state index is 0.0838. The molecule has 56 valence electrons. The van der Waals surface area contributed by atoms with Crippen molar-refractivity contribution in [2.75, 3.05) is 13.2 Å². The third-order valence-electron chi connectivity index (χ3n) is 1.93. The zero-order valence-corrected chi connectivity index (χ0v) is 6.12. The lowest BCUT2D eigenvalue weighted by atomic mass is 10.0. The molecule has 0 aromatic carbocycles. The van der Waals surface area contributed by atoms with Gasteiger partial charge in [0, 0.05) is 11.8 Å². The second-order valence-electron chi connectivity index (χ2n) is 2.62. The van der Waals surface area contributed by atoms with Gasteiger partial charge in [0.1, 0.15) is 0 Å². The van der Waals surface area contributed by atoms with E-state index < -0.39 is 0 Å².